The van der Waals surface area contributed by atoms with Gasteiger partial charge in [-0.05, 0) is 52.4 Å². The number of hydrogen-bond donors (Lipinski definition) is 0. The monoisotopic (exact) mass is 297 g/mol. The van der Waals surface area contributed by atoms with Crippen LogP contribution in [0.1, 0.15) is 33.3 Å². The summed E-state index contributed by atoms with van der Waals surface area (Å²) >= 11 is 0. The number of carbonyl (C=O) groups is 1. The van der Waals surface area contributed by atoms with Crippen molar-refractivity contribution in [3.8, 4) is 5.75 Å². The van der Waals surface area contributed by atoms with E-state index in [1.165, 1.54) is 13.2 Å². The second-order valence-corrected chi connectivity index (χ2v) is 6.09. The van der Waals surface area contributed by atoms with Gasteiger partial charge in [0.1, 0.15) is 11.6 Å². The number of nitrogens with zero attached hydrogens (tertiary/aromatic N) is 1. The van der Waals surface area contributed by atoms with Crippen molar-refractivity contribution in [1.82, 2.24) is 4.90 Å². The fraction of sp³-hybridized carbons (Fsp3) is 0.562. The molecule has 1 unspecified atom stereocenters. The molecule has 5 heteroatoms. The molecule has 0 saturated heterocycles. The van der Waals surface area contributed by atoms with Gasteiger partial charge in [0.25, 0.3) is 0 Å². The highest BCUT2D eigenvalue weighted by Gasteiger charge is 2.24. The van der Waals surface area contributed by atoms with Crippen LogP contribution in [0.3, 0.4) is 0 Å². The molecule has 1 rings (SSSR count). The van der Waals surface area contributed by atoms with Crippen molar-refractivity contribution in [2.75, 3.05) is 14.2 Å². The molecule has 0 saturated carbocycles. The molecule has 0 spiro atoms. The first-order valence-electron chi connectivity index (χ1n) is 6.89. The minimum Gasteiger partial charge on any atom is -0.494 e. The van der Waals surface area contributed by atoms with Crippen molar-refractivity contribution in [3.63, 3.8) is 0 Å². The lowest BCUT2D eigenvalue weighted by Gasteiger charge is -2.27. The van der Waals surface area contributed by atoms with Crippen LogP contribution in [-0.4, -0.2) is 36.7 Å². The molecule has 0 aliphatic rings. The molecule has 0 aliphatic carbocycles. The molecule has 0 aromatic heterocycles. The summed E-state index contributed by atoms with van der Waals surface area (Å²) in [7, 11) is 3.23. The van der Waals surface area contributed by atoms with Gasteiger partial charge in [0.15, 0.2) is 11.6 Å². The zero-order valence-electron chi connectivity index (χ0n) is 13.6. The molecule has 0 bridgehead atoms. The van der Waals surface area contributed by atoms with Gasteiger partial charge < -0.3 is 9.47 Å². The SMILES string of the molecule is COc1ccc(CN(C)C(C)C(=O)OC(C)(C)C)cc1F. The molecule has 1 aromatic carbocycles. The molecule has 0 fully saturated rings. The van der Waals surface area contributed by atoms with Crippen molar-refractivity contribution in [2.45, 2.75) is 45.9 Å². The Bertz CT molecular complexity index is 497. The van der Waals surface area contributed by atoms with Crippen LogP contribution >= 0.6 is 0 Å². The maximum Gasteiger partial charge on any atom is 0.323 e. The van der Waals surface area contributed by atoms with Crippen molar-refractivity contribution >= 4 is 5.97 Å². The summed E-state index contributed by atoms with van der Waals surface area (Å²) in [6.07, 6.45) is 0. The fourth-order valence-corrected chi connectivity index (χ4v) is 1.80. The lowest BCUT2D eigenvalue weighted by Crippen LogP contribution is -2.40. The van der Waals surface area contributed by atoms with E-state index in [1.807, 2.05) is 25.7 Å². The first-order chi connectivity index (χ1) is 9.64. The number of ether oxygens (including phenoxy) is 2. The third-order valence-electron chi connectivity index (χ3n) is 3.06. The highest BCUT2D eigenvalue weighted by atomic mass is 19.1. The topological polar surface area (TPSA) is 38.8 Å². The van der Waals surface area contributed by atoms with Crippen molar-refractivity contribution in [2.24, 2.45) is 0 Å². The molecule has 1 atom stereocenters. The molecule has 0 heterocycles. The Balaban J connectivity index is 2.70. The first-order valence-corrected chi connectivity index (χ1v) is 6.89. The van der Waals surface area contributed by atoms with Crippen LogP contribution in [0.5, 0.6) is 5.75 Å². The van der Waals surface area contributed by atoms with E-state index in [2.05, 4.69) is 0 Å². The van der Waals surface area contributed by atoms with E-state index < -0.39 is 17.5 Å². The molecule has 0 amide bonds. The molecular formula is C16H24FNO3. The molecule has 0 aliphatic heterocycles. The lowest BCUT2D eigenvalue weighted by molar-refractivity contribution is -0.160. The van der Waals surface area contributed by atoms with Gasteiger partial charge in [0.2, 0.25) is 0 Å². The van der Waals surface area contributed by atoms with E-state index in [-0.39, 0.29) is 11.7 Å². The third-order valence-corrected chi connectivity index (χ3v) is 3.06. The molecule has 1 aromatic rings. The van der Waals surface area contributed by atoms with Crippen LogP contribution in [0.25, 0.3) is 0 Å². The van der Waals surface area contributed by atoms with E-state index in [0.717, 1.165) is 5.56 Å². The number of rotatable bonds is 5. The number of halogens is 1. The first kappa shape index (κ1) is 17.4. The average Bonchev–Trinajstić information content (AvgIpc) is 2.36. The summed E-state index contributed by atoms with van der Waals surface area (Å²) in [6, 6.07) is 4.36. The highest BCUT2D eigenvalue weighted by Crippen LogP contribution is 2.19. The second kappa shape index (κ2) is 6.89. The molecule has 118 valence electrons. The predicted molar refractivity (Wildman–Crippen MR) is 79.7 cm³/mol. The van der Waals surface area contributed by atoms with Crippen molar-refractivity contribution in [1.29, 1.82) is 0 Å². The Hall–Kier alpha value is -1.62. The zero-order valence-corrected chi connectivity index (χ0v) is 13.6. The largest absolute Gasteiger partial charge is 0.494 e. The Labute approximate surface area is 125 Å². The van der Waals surface area contributed by atoms with Gasteiger partial charge in [0.05, 0.1) is 7.11 Å². The van der Waals surface area contributed by atoms with Gasteiger partial charge in [-0.15, -0.1) is 0 Å². The van der Waals surface area contributed by atoms with Gasteiger partial charge in [-0.1, -0.05) is 6.07 Å². The standard InChI is InChI=1S/C16H24FNO3/c1-11(15(19)21-16(2,3)4)18(5)10-12-7-8-14(20-6)13(17)9-12/h7-9,11H,10H2,1-6H3. The normalized spacial score (nSPS) is 13.1. The Morgan fingerprint density at radius 2 is 2.00 bits per heavy atom. The number of benzene rings is 1. The minimum atomic E-state index is -0.515. The van der Waals surface area contributed by atoms with Crippen LogP contribution in [0.15, 0.2) is 18.2 Å². The van der Waals surface area contributed by atoms with Crippen LogP contribution < -0.4 is 4.74 Å². The lowest BCUT2D eigenvalue weighted by atomic mass is 10.1. The number of methoxy groups -OCH3 is 1. The average molecular weight is 297 g/mol. The van der Waals surface area contributed by atoms with E-state index in [9.17, 15) is 9.18 Å². The summed E-state index contributed by atoms with van der Waals surface area (Å²) in [6.45, 7) is 7.71. The smallest absolute Gasteiger partial charge is 0.323 e. The Morgan fingerprint density at radius 1 is 1.38 bits per heavy atom. The number of carbonyl (C=O) groups excluding carboxylic acids is 1. The third kappa shape index (κ3) is 5.34. The quantitative estimate of drug-likeness (QED) is 0.783. The highest BCUT2D eigenvalue weighted by molar-refractivity contribution is 5.75. The maximum absolute atomic E-state index is 13.6. The van der Waals surface area contributed by atoms with Crippen LogP contribution in [0, 0.1) is 5.82 Å². The minimum absolute atomic E-state index is 0.210. The van der Waals surface area contributed by atoms with Gasteiger partial charge in [0, 0.05) is 6.54 Å². The summed E-state index contributed by atoms with van der Waals surface area (Å²) in [5, 5.41) is 0. The molecule has 4 nitrogen and oxygen atoms in total. The zero-order chi connectivity index (χ0) is 16.2. The van der Waals surface area contributed by atoms with Crippen molar-refractivity contribution < 1.29 is 18.7 Å². The van der Waals surface area contributed by atoms with Gasteiger partial charge >= 0.3 is 5.97 Å². The summed E-state index contributed by atoms with van der Waals surface area (Å²) in [5.41, 5.74) is 0.254. The Kier molecular flexibility index (Phi) is 5.72. The van der Waals surface area contributed by atoms with E-state index in [4.69, 9.17) is 9.47 Å². The van der Waals surface area contributed by atoms with Gasteiger partial charge in [-0.2, -0.15) is 0 Å². The maximum atomic E-state index is 13.6. The van der Waals surface area contributed by atoms with Crippen LogP contribution in [0.4, 0.5) is 4.39 Å². The fourth-order valence-electron chi connectivity index (χ4n) is 1.80. The summed E-state index contributed by atoms with van der Waals surface area (Å²) in [5.74, 6) is -0.492. The predicted octanol–water partition coefficient (Wildman–Crippen LogP) is 3.00. The number of esters is 1. The van der Waals surface area contributed by atoms with E-state index in [1.54, 1.807) is 26.1 Å². The molecule has 0 radical (unpaired) electrons. The molecule has 21 heavy (non-hydrogen) atoms. The van der Waals surface area contributed by atoms with Gasteiger partial charge in [-0.25, -0.2) is 4.39 Å². The van der Waals surface area contributed by atoms with Crippen molar-refractivity contribution in [3.05, 3.63) is 29.6 Å². The number of likely N-dealkylation sites (N-methyl/N-ethyl adjacent to an activating group) is 1. The van der Waals surface area contributed by atoms with E-state index >= 15 is 0 Å². The summed E-state index contributed by atoms with van der Waals surface area (Å²) < 4.78 is 23.9. The molecular weight excluding hydrogens is 273 g/mol. The van der Waals surface area contributed by atoms with Crippen LogP contribution in [0.2, 0.25) is 0 Å². The molecule has 0 N–H and O–H groups in total. The van der Waals surface area contributed by atoms with E-state index in [0.29, 0.717) is 6.54 Å². The second-order valence-electron chi connectivity index (χ2n) is 6.09. The Morgan fingerprint density at radius 3 is 2.48 bits per heavy atom. The number of hydrogen-bond acceptors (Lipinski definition) is 4. The summed E-state index contributed by atoms with van der Waals surface area (Å²) in [4.78, 5) is 13.8. The van der Waals surface area contributed by atoms with Crippen LogP contribution in [-0.2, 0) is 16.1 Å². The van der Waals surface area contributed by atoms with Gasteiger partial charge in [-0.3, -0.25) is 9.69 Å².